The summed E-state index contributed by atoms with van der Waals surface area (Å²) in [6.45, 7) is 3.70. The fraction of sp³-hybridized carbons (Fsp3) is 0.348. The van der Waals surface area contributed by atoms with Gasteiger partial charge in [0.25, 0.3) is 11.8 Å². The third-order valence-corrected chi connectivity index (χ3v) is 5.24. The summed E-state index contributed by atoms with van der Waals surface area (Å²) in [6, 6.07) is 8.33. The number of anilines is 1. The Morgan fingerprint density at radius 3 is 2.70 bits per heavy atom. The Kier molecular flexibility index (Phi) is 7.13. The summed E-state index contributed by atoms with van der Waals surface area (Å²) in [5, 5.41) is 6.92. The summed E-state index contributed by atoms with van der Waals surface area (Å²) in [4.78, 5) is 35.4. The number of nitrogens with zero attached hydrogens (tertiary/aromatic N) is 5. The molecule has 4 rings (SSSR count). The second kappa shape index (κ2) is 10.6. The number of carbonyl (C=O) groups excluding carboxylic acids is 2. The topological polar surface area (TPSA) is 111 Å². The van der Waals surface area contributed by atoms with Gasteiger partial charge in [-0.25, -0.2) is 14.6 Å². The molecule has 33 heavy (non-hydrogen) atoms. The maximum Gasteiger partial charge on any atom is 0.260 e. The quantitative estimate of drug-likeness (QED) is 0.562. The van der Waals surface area contributed by atoms with Crippen molar-refractivity contribution in [3.05, 3.63) is 54.7 Å². The minimum Gasteiger partial charge on any atom is -0.490 e. The van der Waals surface area contributed by atoms with Gasteiger partial charge in [0, 0.05) is 24.8 Å². The molecular formula is C23H26N6O4. The number of piperidine rings is 1. The van der Waals surface area contributed by atoms with Crippen molar-refractivity contribution in [3.8, 4) is 17.3 Å². The van der Waals surface area contributed by atoms with Gasteiger partial charge in [-0.2, -0.15) is 5.10 Å². The number of likely N-dealkylation sites (tertiary alicyclic amines) is 1. The summed E-state index contributed by atoms with van der Waals surface area (Å²) < 4.78 is 12.9. The van der Waals surface area contributed by atoms with Crippen LogP contribution < -0.4 is 14.8 Å². The largest absolute Gasteiger partial charge is 0.490 e. The minimum atomic E-state index is -0.346. The van der Waals surface area contributed by atoms with Gasteiger partial charge < -0.3 is 19.7 Å². The number of ether oxygens (including phenoxy) is 2. The van der Waals surface area contributed by atoms with E-state index in [0.29, 0.717) is 35.2 Å². The van der Waals surface area contributed by atoms with Gasteiger partial charge >= 0.3 is 0 Å². The van der Waals surface area contributed by atoms with Gasteiger partial charge in [-0.3, -0.25) is 9.59 Å². The summed E-state index contributed by atoms with van der Waals surface area (Å²) in [5.74, 6) is 0.879. The highest BCUT2D eigenvalue weighted by molar-refractivity contribution is 6.05. The van der Waals surface area contributed by atoms with Crippen LogP contribution in [0.1, 0.15) is 36.5 Å². The number of nitrogens with one attached hydrogen (secondary N) is 1. The summed E-state index contributed by atoms with van der Waals surface area (Å²) in [5.41, 5.74) is 0.861. The lowest BCUT2D eigenvalue weighted by Gasteiger charge is -2.26. The van der Waals surface area contributed by atoms with Crippen molar-refractivity contribution >= 4 is 17.5 Å². The van der Waals surface area contributed by atoms with Gasteiger partial charge in [0.1, 0.15) is 12.7 Å². The number of hydrogen-bond donors (Lipinski definition) is 1. The number of benzene rings is 1. The van der Waals surface area contributed by atoms with E-state index >= 15 is 0 Å². The Morgan fingerprint density at radius 1 is 1.09 bits per heavy atom. The van der Waals surface area contributed by atoms with Gasteiger partial charge in [-0.15, -0.1) is 0 Å². The van der Waals surface area contributed by atoms with E-state index in [1.165, 1.54) is 17.3 Å². The number of amides is 2. The van der Waals surface area contributed by atoms with Gasteiger partial charge in [-0.05, 0) is 56.5 Å². The summed E-state index contributed by atoms with van der Waals surface area (Å²) >= 11 is 0. The molecule has 0 aliphatic carbocycles. The molecule has 10 heteroatoms. The molecule has 2 amide bonds. The predicted octanol–water partition coefficient (Wildman–Crippen LogP) is 2.70. The van der Waals surface area contributed by atoms with Crippen LogP contribution in [0.2, 0.25) is 0 Å². The lowest BCUT2D eigenvalue weighted by atomic mass is 10.1. The molecule has 1 N–H and O–H groups in total. The van der Waals surface area contributed by atoms with Crippen LogP contribution in [0, 0.1) is 0 Å². The predicted molar refractivity (Wildman–Crippen MR) is 121 cm³/mol. The van der Waals surface area contributed by atoms with Crippen molar-refractivity contribution in [2.75, 3.05) is 31.6 Å². The monoisotopic (exact) mass is 450 g/mol. The first kappa shape index (κ1) is 22.3. The van der Waals surface area contributed by atoms with Crippen LogP contribution in [0.3, 0.4) is 0 Å². The van der Waals surface area contributed by atoms with Gasteiger partial charge in [0.15, 0.2) is 23.9 Å². The molecule has 0 bridgehead atoms. The Labute approximate surface area is 191 Å². The molecule has 3 heterocycles. The second-order valence-electron chi connectivity index (χ2n) is 7.49. The van der Waals surface area contributed by atoms with Crippen molar-refractivity contribution in [3.63, 3.8) is 0 Å². The van der Waals surface area contributed by atoms with Crippen LogP contribution in [-0.4, -0.2) is 62.8 Å². The average molecular weight is 450 g/mol. The zero-order chi connectivity index (χ0) is 23.0. The van der Waals surface area contributed by atoms with Crippen molar-refractivity contribution in [2.24, 2.45) is 0 Å². The van der Waals surface area contributed by atoms with Crippen molar-refractivity contribution < 1.29 is 19.1 Å². The Hall–Kier alpha value is -3.95. The van der Waals surface area contributed by atoms with Crippen LogP contribution in [-0.2, 0) is 4.79 Å². The van der Waals surface area contributed by atoms with E-state index in [2.05, 4.69) is 20.4 Å². The van der Waals surface area contributed by atoms with Crippen LogP contribution in [0.15, 0.2) is 49.2 Å². The number of carbonyl (C=O) groups is 2. The molecule has 1 fully saturated rings. The molecule has 1 aromatic carbocycles. The fourth-order valence-electron chi connectivity index (χ4n) is 3.60. The first-order valence-electron chi connectivity index (χ1n) is 10.9. The third kappa shape index (κ3) is 5.46. The number of pyridine rings is 1. The highest BCUT2D eigenvalue weighted by Crippen LogP contribution is 2.29. The molecule has 3 aromatic rings. The molecule has 0 atom stereocenters. The van der Waals surface area contributed by atoms with E-state index in [0.717, 1.165) is 32.4 Å². The van der Waals surface area contributed by atoms with E-state index in [9.17, 15) is 9.59 Å². The van der Waals surface area contributed by atoms with E-state index in [1.54, 1.807) is 36.5 Å². The Morgan fingerprint density at radius 2 is 1.94 bits per heavy atom. The van der Waals surface area contributed by atoms with E-state index in [1.807, 2.05) is 11.8 Å². The van der Waals surface area contributed by atoms with Crippen LogP contribution in [0.25, 0.3) is 5.82 Å². The maximum absolute atomic E-state index is 12.9. The first-order valence-corrected chi connectivity index (χ1v) is 10.9. The van der Waals surface area contributed by atoms with E-state index in [-0.39, 0.29) is 18.4 Å². The van der Waals surface area contributed by atoms with Gasteiger partial charge in [0.2, 0.25) is 0 Å². The zero-order valence-electron chi connectivity index (χ0n) is 18.4. The van der Waals surface area contributed by atoms with Gasteiger partial charge in [0.05, 0.1) is 12.3 Å². The maximum atomic E-state index is 12.9. The highest BCUT2D eigenvalue weighted by atomic mass is 16.5. The van der Waals surface area contributed by atoms with Crippen LogP contribution >= 0.6 is 0 Å². The molecule has 1 saturated heterocycles. The molecule has 0 unspecified atom stereocenters. The normalized spacial score (nSPS) is 13.4. The number of rotatable bonds is 8. The molecule has 0 saturated carbocycles. The molecule has 1 aliphatic rings. The number of hydrogen-bond acceptors (Lipinski definition) is 7. The fourth-order valence-corrected chi connectivity index (χ4v) is 3.60. The molecular weight excluding hydrogens is 424 g/mol. The minimum absolute atomic E-state index is 0.0452. The van der Waals surface area contributed by atoms with Crippen LogP contribution in [0.5, 0.6) is 11.5 Å². The SMILES string of the molecule is CCOc1cc(C(=O)Nc2cccnc2-n2cncn2)ccc1OCC(=O)N1CCCCC1. The lowest BCUT2D eigenvalue weighted by molar-refractivity contribution is -0.134. The van der Waals surface area contributed by atoms with E-state index < -0.39 is 0 Å². The number of aromatic nitrogens is 4. The molecule has 10 nitrogen and oxygen atoms in total. The third-order valence-electron chi connectivity index (χ3n) is 5.24. The second-order valence-corrected chi connectivity index (χ2v) is 7.49. The molecule has 1 aliphatic heterocycles. The molecule has 2 aromatic heterocycles. The smallest absolute Gasteiger partial charge is 0.260 e. The molecule has 0 spiro atoms. The highest BCUT2D eigenvalue weighted by Gasteiger charge is 2.19. The lowest BCUT2D eigenvalue weighted by Crippen LogP contribution is -2.38. The summed E-state index contributed by atoms with van der Waals surface area (Å²) in [7, 11) is 0. The van der Waals surface area contributed by atoms with Crippen molar-refractivity contribution in [1.82, 2.24) is 24.6 Å². The average Bonchev–Trinajstić information content (AvgIpc) is 3.39. The van der Waals surface area contributed by atoms with Crippen molar-refractivity contribution in [1.29, 1.82) is 0 Å². The van der Waals surface area contributed by atoms with E-state index in [4.69, 9.17) is 9.47 Å². The Bertz CT molecular complexity index is 1100. The Balaban J connectivity index is 1.47. The molecule has 0 radical (unpaired) electrons. The van der Waals surface area contributed by atoms with Gasteiger partial charge in [-0.1, -0.05) is 0 Å². The van der Waals surface area contributed by atoms with Crippen LogP contribution in [0.4, 0.5) is 5.69 Å². The summed E-state index contributed by atoms with van der Waals surface area (Å²) in [6.07, 6.45) is 7.70. The standard InChI is InChI=1S/C23H26N6O4/c1-2-32-20-13-17(8-9-19(20)33-14-21(30)28-11-4-3-5-12-28)23(31)27-18-7-6-10-25-22(18)29-16-24-15-26-29/h6-10,13,15-16H,2-5,11-12,14H2,1H3,(H,27,31). The van der Waals surface area contributed by atoms with Crippen molar-refractivity contribution in [2.45, 2.75) is 26.2 Å². The first-order chi connectivity index (χ1) is 16.2. The molecule has 172 valence electrons. The zero-order valence-corrected chi connectivity index (χ0v) is 18.4.